The van der Waals surface area contributed by atoms with Crippen molar-refractivity contribution in [1.82, 2.24) is 9.78 Å². The van der Waals surface area contributed by atoms with Crippen LogP contribution in [0.2, 0.25) is 0 Å². The number of aromatic nitrogens is 2. The second-order valence-electron chi connectivity index (χ2n) is 5.66. The molecule has 7 heteroatoms. The Morgan fingerprint density at radius 2 is 1.95 bits per heavy atom. The van der Waals surface area contributed by atoms with Gasteiger partial charge in [0.1, 0.15) is 5.69 Å². The molecule has 0 radical (unpaired) electrons. The fourth-order valence-corrected chi connectivity index (χ4v) is 1.59. The average Bonchev–Trinajstić information content (AvgIpc) is 2.52. The van der Waals surface area contributed by atoms with Crippen molar-refractivity contribution in [2.24, 2.45) is 0 Å². The van der Waals surface area contributed by atoms with Crippen molar-refractivity contribution in [3.05, 3.63) is 15.8 Å². The minimum absolute atomic E-state index is 0.0424. The van der Waals surface area contributed by atoms with E-state index in [1.165, 1.54) is 0 Å². The van der Waals surface area contributed by atoms with Crippen molar-refractivity contribution >= 4 is 11.5 Å². The number of nitrogens with zero attached hydrogens (tertiary/aromatic N) is 3. The number of hydrogen-bond donors (Lipinski definition) is 2. The predicted octanol–water partition coefficient (Wildman–Crippen LogP) is 2.08. The summed E-state index contributed by atoms with van der Waals surface area (Å²) in [4.78, 5) is 10.7. The third-order valence-corrected chi connectivity index (χ3v) is 3.54. The summed E-state index contributed by atoms with van der Waals surface area (Å²) >= 11 is 0. The number of rotatable bonds is 5. The van der Waals surface area contributed by atoms with Crippen LogP contribution in [0.5, 0.6) is 0 Å². The van der Waals surface area contributed by atoms with Gasteiger partial charge in [0.25, 0.3) is 0 Å². The molecule has 0 aliphatic carbocycles. The maximum Gasteiger partial charge on any atom is 0.333 e. The first-order chi connectivity index (χ1) is 8.51. The van der Waals surface area contributed by atoms with Crippen LogP contribution in [0.4, 0.5) is 11.5 Å². The van der Waals surface area contributed by atoms with Crippen molar-refractivity contribution < 1.29 is 10.0 Å². The molecule has 0 amide bonds. The Labute approximate surface area is 112 Å². The first kappa shape index (κ1) is 15.4. The van der Waals surface area contributed by atoms with Crippen LogP contribution in [-0.2, 0) is 6.54 Å². The normalized spacial score (nSPS) is 12.6. The Bertz CT molecular complexity index is 486. The van der Waals surface area contributed by atoms with E-state index in [1.54, 1.807) is 39.3 Å². The quantitative estimate of drug-likeness (QED) is 0.631. The molecule has 1 aromatic rings. The summed E-state index contributed by atoms with van der Waals surface area (Å²) in [6.07, 6.45) is 0. The average molecular weight is 270 g/mol. The smallest absolute Gasteiger partial charge is 0.333 e. The van der Waals surface area contributed by atoms with Crippen LogP contribution >= 0.6 is 0 Å². The standard InChI is InChI=1S/C12H22N4O3/c1-7-15-10(9(16(18)19)8(2)14-15)13-11(3,4)12(5,6)17/h13,17H,7H2,1-6H3. The van der Waals surface area contributed by atoms with E-state index in [1.807, 2.05) is 6.92 Å². The molecule has 1 heterocycles. The number of aryl methyl sites for hydroxylation is 2. The summed E-state index contributed by atoms with van der Waals surface area (Å²) in [5.74, 6) is 0.331. The van der Waals surface area contributed by atoms with Crippen LogP contribution in [0.3, 0.4) is 0 Å². The highest BCUT2D eigenvalue weighted by Gasteiger charge is 2.38. The maximum atomic E-state index is 11.2. The van der Waals surface area contributed by atoms with Gasteiger partial charge < -0.3 is 10.4 Å². The molecule has 108 valence electrons. The van der Waals surface area contributed by atoms with Gasteiger partial charge in [0.15, 0.2) is 0 Å². The maximum absolute atomic E-state index is 11.2. The second kappa shape index (κ2) is 4.80. The van der Waals surface area contributed by atoms with Crippen molar-refractivity contribution in [2.45, 2.75) is 59.2 Å². The van der Waals surface area contributed by atoms with Crippen molar-refractivity contribution in [2.75, 3.05) is 5.32 Å². The van der Waals surface area contributed by atoms with Gasteiger partial charge in [-0.15, -0.1) is 0 Å². The Morgan fingerprint density at radius 3 is 2.32 bits per heavy atom. The first-order valence-electron chi connectivity index (χ1n) is 6.23. The highest BCUT2D eigenvalue weighted by molar-refractivity contribution is 5.61. The molecule has 0 fully saturated rings. The lowest BCUT2D eigenvalue weighted by Crippen LogP contribution is -2.51. The molecule has 7 nitrogen and oxygen atoms in total. The van der Waals surface area contributed by atoms with Gasteiger partial charge in [-0.1, -0.05) is 0 Å². The first-order valence-corrected chi connectivity index (χ1v) is 6.23. The van der Waals surface area contributed by atoms with E-state index >= 15 is 0 Å². The Hall–Kier alpha value is -1.63. The largest absolute Gasteiger partial charge is 0.388 e. The summed E-state index contributed by atoms with van der Waals surface area (Å²) < 4.78 is 1.54. The summed E-state index contributed by atoms with van der Waals surface area (Å²) in [6.45, 7) is 10.9. The molecular weight excluding hydrogens is 248 g/mol. The Kier molecular flexibility index (Phi) is 3.90. The van der Waals surface area contributed by atoms with Crippen LogP contribution in [0.25, 0.3) is 0 Å². The van der Waals surface area contributed by atoms with Crippen LogP contribution in [0, 0.1) is 17.0 Å². The molecule has 19 heavy (non-hydrogen) atoms. The molecule has 0 saturated heterocycles. The fourth-order valence-electron chi connectivity index (χ4n) is 1.59. The van der Waals surface area contributed by atoms with E-state index in [-0.39, 0.29) is 5.69 Å². The summed E-state index contributed by atoms with van der Waals surface area (Å²) in [5.41, 5.74) is -1.46. The van der Waals surface area contributed by atoms with E-state index in [4.69, 9.17) is 0 Å². The highest BCUT2D eigenvalue weighted by Crippen LogP contribution is 2.33. The third-order valence-electron chi connectivity index (χ3n) is 3.54. The summed E-state index contributed by atoms with van der Waals surface area (Å²) in [5, 5.41) is 28.5. The van der Waals surface area contributed by atoms with Gasteiger partial charge in [0.2, 0.25) is 5.82 Å². The van der Waals surface area contributed by atoms with Crippen LogP contribution < -0.4 is 5.32 Å². The minimum Gasteiger partial charge on any atom is -0.388 e. The molecule has 0 saturated carbocycles. The number of nitrogens with one attached hydrogen (secondary N) is 1. The third kappa shape index (κ3) is 2.86. The van der Waals surface area contributed by atoms with Crippen molar-refractivity contribution in [3.63, 3.8) is 0 Å². The Balaban J connectivity index is 3.31. The van der Waals surface area contributed by atoms with E-state index in [9.17, 15) is 15.2 Å². The zero-order valence-electron chi connectivity index (χ0n) is 12.3. The molecule has 0 atom stereocenters. The van der Waals surface area contributed by atoms with Gasteiger partial charge in [-0.3, -0.25) is 10.1 Å². The second-order valence-corrected chi connectivity index (χ2v) is 5.66. The zero-order chi connectivity index (χ0) is 15.0. The van der Waals surface area contributed by atoms with E-state index in [0.29, 0.717) is 18.1 Å². The zero-order valence-corrected chi connectivity index (χ0v) is 12.3. The lowest BCUT2D eigenvalue weighted by atomic mass is 9.86. The lowest BCUT2D eigenvalue weighted by Gasteiger charge is -2.38. The predicted molar refractivity (Wildman–Crippen MR) is 73.3 cm³/mol. The summed E-state index contributed by atoms with van der Waals surface area (Å²) in [7, 11) is 0. The number of hydrogen-bond acceptors (Lipinski definition) is 5. The van der Waals surface area contributed by atoms with Gasteiger partial charge >= 0.3 is 5.69 Å². The number of aliphatic hydroxyl groups is 1. The highest BCUT2D eigenvalue weighted by atomic mass is 16.6. The molecule has 0 aliphatic rings. The van der Waals surface area contributed by atoms with E-state index in [0.717, 1.165) is 0 Å². The molecular formula is C12H22N4O3. The van der Waals surface area contributed by atoms with Crippen LogP contribution in [-0.4, -0.2) is 31.0 Å². The minimum atomic E-state index is -1.04. The van der Waals surface area contributed by atoms with Crippen LogP contribution in [0.15, 0.2) is 0 Å². The number of anilines is 1. The lowest BCUT2D eigenvalue weighted by molar-refractivity contribution is -0.384. The van der Waals surface area contributed by atoms with Gasteiger partial charge in [-0.25, -0.2) is 4.68 Å². The molecule has 1 rings (SSSR count). The molecule has 0 bridgehead atoms. The van der Waals surface area contributed by atoms with Crippen molar-refractivity contribution in [1.29, 1.82) is 0 Å². The fraction of sp³-hybridized carbons (Fsp3) is 0.750. The van der Waals surface area contributed by atoms with Crippen molar-refractivity contribution in [3.8, 4) is 0 Å². The van der Waals surface area contributed by atoms with Crippen LogP contribution in [0.1, 0.15) is 40.3 Å². The molecule has 0 unspecified atom stereocenters. The van der Waals surface area contributed by atoms with Gasteiger partial charge in [-0.2, -0.15) is 5.10 Å². The van der Waals surface area contributed by atoms with E-state index in [2.05, 4.69) is 10.4 Å². The van der Waals surface area contributed by atoms with Gasteiger partial charge in [0.05, 0.1) is 16.1 Å². The van der Waals surface area contributed by atoms with Gasteiger partial charge in [-0.05, 0) is 41.5 Å². The molecule has 0 aliphatic heterocycles. The molecule has 0 aromatic carbocycles. The SMILES string of the molecule is CCn1nc(C)c([N+](=O)[O-])c1NC(C)(C)C(C)(C)O. The molecule has 2 N–H and O–H groups in total. The van der Waals surface area contributed by atoms with E-state index < -0.39 is 16.1 Å². The number of nitro groups is 1. The Morgan fingerprint density at radius 1 is 1.42 bits per heavy atom. The molecule has 1 aromatic heterocycles. The monoisotopic (exact) mass is 270 g/mol. The molecule has 0 spiro atoms. The van der Waals surface area contributed by atoms with Gasteiger partial charge in [0, 0.05) is 6.54 Å². The summed E-state index contributed by atoms with van der Waals surface area (Å²) in [6, 6.07) is 0. The topological polar surface area (TPSA) is 93.2 Å².